The SMILES string of the molecule is CC1CCC(NC(=O)c2cc(C3CC3)no2)(C(=O)O)CC1. The summed E-state index contributed by atoms with van der Waals surface area (Å²) in [5.74, 6) is -0.437. The molecule has 0 saturated heterocycles. The average molecular weight is 292 g/mol. The molecule has 0 radical (unpaired) electrons. The van der Waals surface area contributed by atoms with E-state index in [1.165, 1.54) is 0 Å². The highest BCUT2D eigenvalue weighted by Crippen LogP contribution is 2.39. The van der Waals surface area contributed by atoms with Crippen molar-refractivity contribution >= 4 is 11.9 Å². The third kappa shape index (κ3) is 2.80. The van der Waals surface area contributed by atoms with Crippen LogP contribution in [0.4, 0.5) is 0 Å². The Bertz CT molecular complexity index is 554. The number of nitrogens with zero attached hydrogens (tertiary/aromatic N) is 1. The summed E-state index contributed by atoms with van der Waals surface area (Å²) in [5, 5.41) is 16.1. The highest BCUT2D eigenvalue weighted by atomic mass is 16.5. The topological polar surface area (TPSA) is 92.4 Å². The number of amides is 1. The summed E-state index contributed by atoms with van der Waals surface area (Å²) in [7, 11) is 0. The average Bonchev–Trinajstić information content (AvgIpc) is 3.18. The smallest absolute Gasteiger partial charge is 0.329 e. The first kappa shape index (κ1) is 14.1. The zero-order valence-electron chi connectivity index (χ0n) is 12.1. The molecule has 0 spiro atoms. The standard InChI is InChI=1S/C15H20N2O4/c1-9-4-6-15(7-5-9,14(19)20)16-13(18)12-8-11(17-21-12)10-2-3-10/h8-10H,2-7H2,1H3,(H,16,18)(H,19,20). The van der Waals surface area contributed by atoms with Crippen LogP contribution in [-0.2, 0) is 4.79 Å². The summed E-state index contributed by atoms with van der Waals surface area (Å²) in [6.07, 6.45) is 4.67. The predicted molar refractivity (Wildman–Crippen MR) is 73.9 cm³/mol. The summed E-state index contributed by atoms with van der Waals surface area (Å²) in [5.41, 5.74) is -0.377. The molecule has 2 aliphatic rings. The van der Waals surface area contributed by atoms with Crippen molar-refractivity contribution in [3.63, 3.8) is 0 Å². The second kappa shape index (κ2) is 5.16. The Kier molecular flexibility index (Phi) is 3.47. The van der Waals surface area contributed by atoms with E-state index in [-0.39, 0.29) is 5.76 Å². The van der Waals surface area contributed by atoms with Gasteiger partial charge < -0.3 is 14.9 Å². The number of hydrogen-bond acceptors (Lipinski definition) is 4. The van der Waals surface area contributed by atoms with Gasteiger partial charge >= 0.3 is 5.97 Å². The molecule has 0 unspecified atom stereocenters. The lowest BCUT2D eigenvalue weighted by molar-refractivity contribution is -0.146. The molecule has 1 heterocycles. The van der Waals surface area contributed by atoms with Crippen molar-refractivity contribution in [1.82, 2.24) is 10.5 Å². The van der Waals surface area contributed by atoms with Gasteiger partial charge in [-0.2, -0.15) is 0 Å². The van der Waals surface area contributed by atoms with Gasteiger partial charge in [-0.15, -0.1) is 0 Å². The van der Waals surface area contributed by atoms with Crippen LogP contribution < -0.4 is 5.32 Å². The molecule has 2 fully saturated rings. The summed E-state index contributed by atoms with van der Waals surface area (Å²) in [6, 6.07) is 1.63. The van der Waals surface area contributed by atoms with Crippen molar-refractivity contribution in [1.29, 1.82) is 0 Å². The van der Waals surface area contributed by atoms with Crippen molar-refractivity contribution in [2.75, 3.05) is 0 Å². The van der Waals surface area contributed by atoms with Crippen molar-refractivity contribution in [2.24, 2.45) is 5.92 Å². The van der Waals surface area contributed by atoms with Crippen LogP contribution in [0.15, 0.2) is 10.6 Å². The van der Waals surface area contributed by atoms with E-state index in [1.807, 2.05) is 0 Å². The van der Waals surface area contributed by atoms with Crippen LogP contribution in [-0.4, -0.2) is 27.7 Å². The molecule has 6 heteroatoms. The molecule has 2 aliphatic carbocycles. The highest BCUT2D eigenvalue weighted by Gasteiger charge is 2.43. The molecule has 1 amide bonds. The molecule has 0 atom stereocenters. The van der Waals surface area contributed by atoms with Crippen LogP contribution >= 0.6 is 0 Å². The molecule has 1 aromatic rings. The van der Waals surface area contributed by atoms with E-state index in [4.69, 9.17) is 4.52 Å². The zero-order chi connectivity index (χ0) is 15.0. The van der Waals surface area contributed by atoms with Gasteiger partial charge in [0.25, 0.3) is 5.91 Å². The fraction of sp³-hybridized carbons (Fsp3) is 0.667. The fourth-order valence-corrected chi connectivity index (χ4v) is 2.89. The summed E-state index contributed by atoms with van der Waals surface area (Å²) >= 11 is 0. The largest absolute Gasteiger partial charge is 0.480 e. The van der Waals surface area contributed by atoms with E-state index in [2.05, 4.69) is 17.4 Å². The van der Waals surface area contributed by atoms with E-state index in [9.17, 15) is 14.7 Å². The van der Waals surface area contributed by atoms with Gasteiger partial charge in [-0.05, 0) is 44.4 Å². The minimum absolute atomic E-state index is 0.108. The van der Waals surface area contributed by atoms with E-state index < -0.39 is 17.4 Å². The lowest BCUT2D eigenvalue weighted by Crippen LogP contribution is -2.56. The molecule has 0 aliphatic heterocycles. The number of carbonyl (C=O) groups excluding carboxylic acids is 1. The molecule has 3 rings (SSSR count). The van der Waals surface area contributed by atoms with Gasteiger partial charge in [0, 0.05) is 12.0 Å². The Morgan fingerprint density at radius 2 is 2.00 bits per heavy atom. The Morgan fingerprint density at radius 3 is 2.57 bits per heavy atom. The lowest BCUT2D eigenvalue weighted by Gasteiger charge is -2.36. The molecule has 0 aromatic carbocycles. The number of carboxylic acid groups (broad SMARTS) is 1. The Hall–Kier alpha value is -1.85. The van der Waals surface area contributed by atoms with Gasteiger partial charge in [-0.1, -0.05) is 12.1 Å². The van der Waals surface area contributed by atoms with Gasteiger partial charge in [0.2, 0.25) is 5.76 Å². The van der Waals surface area contributed by atoms with Gasteiger partial charge in [0.1, 0.15) is 5.54 Å². The number of carboxylic acids is 1. The van der Waals surface area contributed by atoms with Gasteiger partial charge in [0.05, 0.1) is 5.69 Å². The minimum Gasteiger partial charge on any atom is -0.480 e. The van der Waals surface area contributed by atoms with Crippen molar-refractivity contribution < 1.29 is 19.2 Å². The number of aliphatic carboxylic acids is 1. The maximum atomic E-state index is 12.3. The first-order valence-corrected chi connectivity index (χ1v) is 7.53. The summed E-state index contributed by atoms with van der Waals surface area (Å²) in [6.45, 7) is 2.10. The monoisotopic (exact) mass is 292 g/mol. The third-order valence-electron chi connectivity index (χ3n) is 4.64. The second-order valence-electron chi connectivity index (χ2n) is 6.41. The van der Waals surface area contributed by atoms with Gasteiger partial charge in [-0.25, -0.2) is 4.79 Å². The maximum absolute atomic E-state index is 12.3. The Morgan fingerprint density at radius 1 is 1.33 bits per heavy atom. The third-order valence-corrected chi connectivity index (χ3v) is 4.64. The molecule has 2 saturated carbocycles. The van der Waals surface area contributed by atoms with Gasteiger partial charge in [-0.3, -0.25) is 4.79 Å². The second-order valence-corrected chi connectivity index (χ2v) is 6.41. The molecular weight excluding hydrogens is 272 g/mol. The first-order valence-electron chi connectivity index (χ1n) is 7.53. The first-order chi connectivity index (χ1) is 10.00. The van der Waals surface area contributed by atoms with Crippen LogP contribution in [0.2, 0.25) is 0 Å². The van der Waals surface area contributed by atoms with E-state index in [1.54, 1.807) is 6.07 Å². The van der Waals surface area contributed by atoms with Crippen LogP contribution in [0.1, 0.15) is 67.6 Å². The van der Waals surface area contributed by atoms with Gasteiger partial charge in [0.15, 0.2) is 0 Å². The van der Waals surface area contributed by atoms with Crippen LogP contribution in [0.3, 0.4) is 0 Å². The molecule has 1 aromatic heterocycles. The normalized spacial score (nSPS) is 29.1. The number of carbonyl (C=O) groups is 2. The summed E-state index contributed by atoms with van der Waals surface area (Å²) in [4.78, 5) is 23.9. The molecule has 6 nitrogen and oxygen atoms in total. The molecule has 114 valence electrons. The van der Waals surface area contributed by atoms with E-state index >= 15 is 0 Å². The van der Waals surface area contributed by atoms with E-state index in [0.717, 1.165) is 31.4 Å². The lowest BCUT2D eigenvalue weighted by atomic mass is 9.77. The molecule has 21 heavy (non-hydrogen) atoms. The van der Waals surface area contributed by atoms with Crippen LogP contribution in [0, 0.1) is 5.92 Å². The van der Waals surface area contributed by atoms with Crippen LogP contribution in [0.25, 0.3) is 0 Å². The van der Waals surface area contributed by atoms with Crippen molar-refractivity contribution in [2.45, 2.75) is 56.9 Å². The fourth-order valence-electron chi connectivity index (χ4n) is 2.89. The van der Waals surface area contributed by atoms with Crippen LogP contribution in [0.5, 0.6) is 0 Å². The number of nitrogens with one attached hydrogen (secondary N) is 1. The summed E-state index contributed by atoms with van der Waals surface area (Å²) < 4.78 is 5.06. The van der Waals surface area contributed by atoms with Crippen molar-refractivity contribution in [3.8, 4) is 0 Å². The molecular formula is C15H20N2O4. The quantitative estimate of drug-likeness (QED) is 0.888. The predicted octanol–water partition coefficient (Wildman–Crippen LogP) is 2.32. The van der Waals surface area contributed by atoms with Crippen molar-refractivity contribution in [3.05, 3.63) is 17.5 Å². The molecule has 0 bridgehead atoms. The zero-order valence-corrected chi connectivity index (χ0v) is 12.1. The number of aromatic nitrogens is 1. The molecule has 2 N–H and O–H groups in total. The highest BCUT2D eigenvalue weighted by molar-refractivity contribution is 5.95. The minimum atomic E-state index is -1.17. The van der Waals surface area contributed by atoms with E-state index in [0.29, 0.717) is 24.7 Å². The number of rotatable bonds is 4. The Balaban J connectivity index is 1.72. The maximum Gasteiger partial charge on any atom is 0.329 e. The Labute approximate surface area is 122 Å². The number of hydrogen-bond donors (Lipinski definition) is 2.